The molecule has 1 aromatic carbocycles. The van der Waals surface area contributed by atoms with Gasteiger partial charge in [-0.15, -0.1) is 0 Å². The number of carbonyl (C=O) groups excluding carboxylic acids is 1. The van der Waals surface area contributed by atoms with E-state index < -0.39 is 0 Å². The summed E-state index contributed by atoms with van der Waals surface area (Å²) in [6, 6.07) is 9.32. The van der Waals surface area contributed by atoms with Crippen LogP contribution in [0.25, 0.3) is 0 Å². The number of aromatic nitrogens is 2. The Morgan fingerprint density at radius 2 is 2.32 bits per heavy atom. The highest BCUT2D eigenvalue weighted by Gasteiger charge is 2.13. The third-order valence-electron chi connectivity index (χ3n) is 2.86. The number of amides is 1. The number of carbonyl (C=O) groups is 1. The molecule has 1 N–H and O–H groups in total. The van der Waals surface area contributed by atoms with Gasteiger partial charge in [0.1, 0.15) is 6.54 Å². The zero-order chi connectivity index (χ0) is 13.7. The summed E-state index contributed by atoms with van der Waals surface area (Å²) >= 11 is 5.97. The lowest BCUT2D eigenvalue weighted by Crippen LogP contribution is -2.31. The molecule has 4 nitrogen and oxygen atoms in total. The lowest BCUT2D eigenvalue weighted by Gasteiger charge is -2.17. The molecule has 1 aromatic heterocycles. The molecule has 0 saturated carbocycles. The molecule has 0 aliphatic rings. The predicted molar refractivity (Wildman–Crippen MR) is 74.9 cm³/mol. The highest BCUT2D eigenvalue weighted by atomic mass is 35.5. The second-order valence-corrected chi connectivity index (χ2v) is 4.72. The smallest absolute Gasteiger partial charge is 0.242 e. The molecule has 2 rings (SSSR count). The summed E-state index contributed by atoms with van der Waals surface area (Å²) < 4.78 is 1.60. The fraction of sp³-hybridized carbons (Fsp3) is 0.286. The molecule has 0 bridgehead atoms. The number of rotatable bonds is 5. The van der Waals surface area contributed by atoms with E-state index in [1.807, 2.05) is 31.2 Å². The molecule has 0 saturated heterocycles. The molecule has 2 aromatic rings. The Bertz CT molecular complexity index is 539. The second kappa shape index (κ2) is 6.38. The van der Waals surface area contributed by atoms with Crippen molar-refractivity contribution < 1.29 is 4.79 Å². The Morgan fingerprint density at radius 1 is 1.47 bits per heavy atom. The minimum Gasteiger partial charge on any atom is -0.348 e. The summed E-state index contributed by atoms with van der Waals surface area (Å²) in [6.07, 6.45) is 4.23. The van der Waals surface area contributed by atoms with Gasteiger partial charge in [0.15, 0.2) is 0 Å². The van der Waals surface area contributed by atoms with Crippen molar-refractivity contribution >= 4 is 17.5 Å². The van der Waals surface area contributed by atoms with Gasteiger partial charge in [0.2, 0.25) is 5.91 Å². The maximum absolute atomic E-state index is 11.9. The Balaban J connectivity index is 2.01. The van der Waals surface area contributed by atoms with Crippen molar-refractivity contribution in [1.29, 1.82) is 0 Å². The molecule has 1 unspecified atom stereocenters. The summed E-state index contributed by atoms with van der Waals surface area (Å²) in [4.78, 5) is 11.9. The normalized spacial score (nSPS) is 12.1. The zero-order valence-corrected chi connectivity index (χ0v) is 11.5. The summed E-state index contributed by atoms with van der Waals surface area (Å²) in [5.74, 6) is -0.0597. The van der Waals surface area contributed by atoms with Crippen LogP contribution in [0.4, 0.5) is 0 Å². The van der Waals surface area contributed by atoms with Crippen molar-refractivity contribution in [2.24, 2.45) is 0 Å². The lowest BCUT2D eigenvalue weighted by atomic mass is 10.0. The van der Waals surface area contributed by atoms with Crippen LogP contribution in [0.5, 0.6) is 0 Å². The van der Waals surface area contributed by atoms with E-state index >= 15 is 0 Å². The van der Waals surface area contributed by atoms with E-state index in [-0.39, 0.29) is 18.5 Å². The van der Waals surface area contributed by atoms with Crippen molar-refractivity contribution in [2.75, 3.05) is 0 Å². The Labute approximate surface area is 117 Å². The number of hydrogen-bond acceptors (Lipinski definition) is 2. The van der Waals surface area contributed by atoms with Crippen LogP contribution in [-0.4, -0.2) is 15.7 Å². The lowest BCUT2D eigenvalue weighted by molar-refractivity contribution is -0.122. The van der Waals surface area contributed by atoms with Gasteiger partial charge in [-0.1, -0.05) is 30.7 Å². The number of nitrogens with one attached hydrogen (secondary N) is 1. The van der Waals surface area contributed by atoms with E-state index in [2.05, 4.69) is 10.4 Å². The van der Waals surface area contributed by atoms with Gasteiger partial charge in [0, 0.05) is 17.4 Å². The van der Waals surface area contributed by atoms with Crippen molar-refractivity contribution in [1.82, 2.24) is 15.1 Å². The zero-order valence-electron chi connectivity index (χ0n) is 10.7. The van der Waals surface area contributed by atoms with E-state index in [4.69, 9.17) is 11.6 Å². The number of hydrogen-bond donors (Lipinski definition) is 1. The predicted octanol–water partition coefficient (Wildman–Crippen LogP) is 2.80. The molecule has 0 fully saturated rings. The summed E-state index contributed by atoms with van der Waals surface area (Å²) in [7, 11) is 0. The minimum atomic E-state index is -0.0597. The van der Waals surface area contributed by atoms with E-state index in [1.165, 1.54) is 0 Å². The Kier molecular flexibility index (Phi) is 4.58. The van der Waals surface area contributed by atoms with Crippen molar-refractivity contribution in [3.8, 4) is 0 Å². The molecule has 0 aliphatic heterocycles. The number of halogens is 1. The van der Waals surface area contributed by atoms with E-state index in [0.29, 0.717) is 5.02 Å². The summed E-state index contributed by atoms with van der Waals surface area (Å²) in [5, 5.41) is 7.68. The quantitative estimate of drug-likeness (QED) is 0.913. The fourth-order valence-corrected chi connectivity index (χ4v) is 2.12. The van der Waals surface area contributed by atoms with Gasteiger partial charge in [-0.05, 0) is 30.2 Å². The highest BCUT2D eigenvalue weighted by Crippen LogP contribution is 2.20. The molecule has 100 valence electrons. The number of nitrogens with zero attached hydrogens (tertiary/aromatic N) is 2. The van der Waals surface area contributed by atoms with Crippen molar-refractivity contribution in [3.05, 3.63) is 53.3 Å². The fourth-order valence-electron chi connectivity index (χ4n) is 1.93. The Hall–Kier alpha value is -1.81. The molecular weight excluding hydrogens is 262 g/mol. The molecule has 1 atom stereocenters. The van der Waals surface area contributed by atoms with Crippen LogP contribution in [0.3, 0.4) is 0 Å². The molecule has 1 amide bonds. The maximum Gasteiger partial charge on any atom is 0.242 e. The third kappa shape index (κ3) is 3.83. The topological polar surface area (TPSA) is 46.9 Å². The largest absolute Gasteiger partial charge is 0.348 e. The average Bonchev–Trinajstić information content (AvgIpc) is 2.88. The summed E-state index contributed by atoms with van der Waals surface area (Å²) in [6.45, 7) is 2.25. The van der Waals surface area contributed by atoms with Gasteiger partial charge in [-0.25, -0.2) is 0 Å². The molecule has 0 aliphatic carbocycles. The van der Waals surface area contributed by atoms with Gasteiger partial charge >= 0.3 is 0 Å². The Morgan fingerprint density at radius 3 is 2.95 bits per heavy atom. The van der Waals surface area contributed by atoms with Crippen molar-refractivity contribution in [3.63, 3.8) is 0 Å². The molecular formula is C14H16ClN3O. The number of benzene rings is 1. The average molecular weight is 278 g/mol. The van der Waals surface area contributed by atoms with Crippen LogP contribution in [0, 0.1) is 0 Å². The van der Waals surface area contributed by atoms with Crippen LogP contribution >= 0.6 is 11.6 Å². The van der Waals surface area contributed by atoms with E-state index in [0.717, 1.165) is 12.0 Å². The first-order valence-electron chi connectivity index (χ1n) is 6.21. The maximum atomic E-state index is 11.9. The first kappa shape index (κ1) is 13.6. The summed E-state index contributed by atoms with van der Waals surface area (Å²) in [5.41, 5.74) is 1.02. The molecule has 0 spiro atoms. The van der Waals surface area contributed by atoms with Crippen LogP contribution in [-0.2, 0) is 11.3 Å². The minimum absolute atomic E-state index is 0.0261. The molecule has 0 radical (unpaired) electrons. The van der Waals surface area contributed by atoms with Gasteiger partial charge < -0.3 is 5.32 Å². The molecule has 19 heavy (non-hydrogen) atoms. The van der Waals surface area contributed by atoms with Gasteiger partial charge in [-0.2, -0.15) is 5.10 Å². The highest BCUT2D eigenvalue weighted by molar-refractivity contribution is 6.30. The van der Waals surface area contributed by atoms with Crippen molar-refractivity contribution in [2.45, 2.75) is 25.9 Å². The third-order valence-corrected chi connectivity index (χ3v) is 3.09. The standard InChI is InChI=1S/C14H16ClN3O/c1-2-13(11-5-3-6-12(15)9-11)17-14(19)10-18-8-4-7-16-18/h3-9,13H,2,10H2,1H3,(H,17,19). The molecule has 5 heteroatoms. The van der Waals surface area contributed by atoms with Gasteiger partial charge in [0.25, 0.3) is 0 Å². The van der Waals surface area contributed by atoms with Crippen LogP contribution in [0.1, 0.15) is 24.9 Å². The van der Waals surface area contributed by atoms with Crippen LogP contribution in [0.15, 0.2) is 42.7 Å². The first-order chi connectivity index (χ1) is 9.19. The van der Waals surface area contributed by atoms with Crippen LogP contribution < -0.4 is 5.32 Å². The van der Waals surface area contributed by atoms with E-state index in [9.17, 15) is 4.79 Å². The van der Waals surface area contributed by atoms with E-state index in [1.54, 1.807) is 23.1 Å². The monoisotopic (exact) mass is 277 g/mol. The van der Waals surface area contributed by atoms with Gasteiger partial charge in [-0.3, -0.25) is 9.48 Å². The van der Waals surface area contributed by atoms with Gasteiger partial charge in [0.05, 0.1) is 6.04 Å². The SMILES string of the molecule is CCC(NC(=O)Cn1cccn1)c1cccc(Cl)c1. The van der Waals surface area contributed by atoms with Crippen LogP contribution in [0.2, 0.25) is 5.02 Å². The first-order valence-corrected chi connectivity index (χ1v) is 6.59. The molecule has 1 heterocycles. The second-order valence-electron chi connectivity index (χ2n) is 4.29.